The number of hydrogen-bond donors (Lipinski definition) is 0. The van der Waals surface area contributed by atoms with E-state index in [2.05, 4.69) is 16.3 Å². The largest absolute Gasteiger partial charge is 0.501 e. The average molecular weight is 293 g/mol. The van der Waals surface area contributed by atoms with Crippen molar-refractivity contribution in [2.75, 3.05) is 20.3 Å². The number of nitrogens with zero attached hydrogens (tertiary/aromatic N) is 2. The molecule has 0 bridgehead atoms. The summed E-state index contributed by atoms with van der Waals surface area (Å²) in [4.78, 5) is 0. The van der Waals surface area contributed by atoms with Gasteiger partial charge in [-0.2, -0.15) is 5.10 Å². The Balaban J connectivity index is 2.13. The summed E-state index contributed by atoms with van der Waals surface area (Å²) < 4.78 is 10.7. The number of ether oxygens (including phenoxy) is 2. The standard InChI is InChI=1S/C15H17ClN2O2/c1-19-11-2-4-12-13(5-3-11)15(16)18-17-14(12)10-6-8-20-9-7-10/h2,4-5,10H,3,6-9H2,1H3. The van der Waals surface area contributed by atoms with E-state index in [1.165, 1.54) is 0 Å². The number of aromatic nitrogens is 2. The smallest absolute Gasteiger partial charge is 0.159 e. The highest BCUT2D eigenvalue weighted by Crippen LogP contribution is 2.22. The molecule has 0 unspecified atom stereocenters. The number of rotatable bonds is 2. The number of methoxy groups -OCH3 is 1. The molecular formula is C15H17ClN2O2. The molecule has 1 aromatic rings. The second-order valence-corrected chi connectivity index (χ2v) is 5.36. The van der Waals surface area contributed by atoms with E-state index in [9.17, 15) is 0 Å². The molecule has 0 amide bonds. The maximum absolute atomic E-state index is 6.20. The minimum absolute atomic E-state index is 0.393. The molecule has 4 nitrogen and oxygen atoms in total. The highest BCUT2D eigenvalue weighted by Gasteiger charge is 2.20. The summed E-state index contributed by atoms with van der Waals surface area (Å²) in [6.07, 6.45) is 8.79. The summed E-state index contributed by atoms with van der Waals surface area (Å²) in [5, 5.41) is 11.0. The predicted molar refractivity (Wildman–Crippen MR) is 77.7 cm³/mol. The van der Waals surface area contributed by atoms with Gasteiger partial charge in [-0.15, -0.1) is 5.10 Å². The van der Waals surface area contributed by atoms with Crippen LogP contribution in [0.1, 0.15) is 30.9 Å². The maximum atomic E-state index is 6.20. The van der Waals surface area contributed by atoms with Crippen molar-refractivity contribution in [1.82, 2.24) is 10.2 Å². The minimum atomic E-state index is 0.393. The van der Waals surface area contributed by atoms with Crippen molar-refractivity contribution in [1.29, 1.82) is 0 Å². The number of hydrogen-bond acceptors (Lipinski definition) is 4. The van der Waals surface area contributed by atoms with Crippen LogP contribution < -0.4 is 10.4 Å². The van der Waals surface area contributed by atoms with E-state index in [4.69, 9.17) is 21.1 Å². The highest BCUT2D eigenvalue weighted by molar-refractivity contribution is 6.29. The molecule has 1 aliphatic carbocycles. The predicted octanol–water partition coefficient (Wildman–Crippen LogP) is 1.52. The van der Waals surface area contributed by atoms with Gasteiger partial charge in [0.05, 0.1) is 18.6 Å². The van der Waals surface area contributed by atoms with Crippen molar-refractivity contribution in [2.24, 2.45) is 0 Å². The average Bonchev–Trinajstić information content (AvgIpc) is 2.72. The van der Waals surface area contributed by atoms with Crippen LogP contribution in [0.5, 0.6) is 0 Å². The third-order valence-corrected chi connectivity index (χ3v) is 4.13. The van der Waals surface area contributed by atoms with Gasteiger partial charge in [0.15, 0.2) is 5.15 Å². The van der Waals surface area contributed by atoms with Crippen LogP contribution in [0.25, 0.3) is 12.2 Å². The van der Waals surface area contributed by atoms with Gasteiger partial charge in [0.1, 0.15) is 0 Å². The highest BCUT2D eigenvalue weighted by atomic mass is 35.5. The Kier molecular flexibility index (Phi) is 4.03. The first-order valence-electron chi connectivity index (χ1n) is 6.84. The van der Waals surface area contributed by atoms with Gasteiger partial charge in [0.25, 0.3) is 0 Å². The van der Waals surface area contributed by atoms with Crippen LogP contribution in [0.3, 0.4) is 0 Å². The SMILES string of the molecule is COC1=CC=c2c(C3CCOCC3)nnc(Cl)c2=CC1. The van der Waals surface area contributed by atoms with Crippen LogP contribution in [-0.4, -0.2) is 30.5 Å². The fraction of sp³-hybridized carbons (Fsp3) is 0.467. The van der Waals surface area contributed by atoms with Gasteiger partial charge >= 0.3 is 0 Å². The third-order valence-electron chi connectivity index (χ3n) is 3.85. The van der Waals surface area contributed by atoms with E-state index >= 15 is 0 Å². The molecule has 1 aliphatic heterocycles. The summed E-state index contributed by atoms with van der Waals surface area (Å²) in [6.45, 7) is 1.57. The summed E-state index contributed by atoms with van der Waals surface area (Å²) in [5.74, 6) is 1.31. The minimum Gasteiger partial charge on any atom is -0.501 e. The lowest BCUT2D eigenvalue weighted by Crippen LogP contribution is -2.34. The summed E-state index contributed by atoms with van der Waals surface area (Å²) >= 11 is 6.20. The van der Waals surface area contributed by atoms with Gasteiger partial charge in [-0.1, -0.05) is 17.7 Å². The number of fused-ring (bicyclic) bond motifs is 1. The van der Waals surface area contributed by atoms with E-state index in [1.807, 2.05) is 12.2 Å². The first-order valence-corrected chi connectivity index (χ1v) is 7.22. The Morgan fingerprint density at radius 1 is 1.20 bits per heavy atom. The van der Waals surface area contributed by atoms with Crippen molar-refractivity contribution in [2.45, 2.75) is 25.2 Å². The lowest BCUT2D eigenvalue weighted by molar-refractivity contribution is 0.0841. The molecule has 0 atom stereocenters. The molecular weight excluding hydrogens is 276 g/mol. The molecule has 20 heavy (non-hydrogen) atoms. The molecule has 0 saturated carbocycles. The summed E-state index contributed by atoms with van der Waals surface area (Å²) in [6, 6.07) is 0. The third kappa shape index (κ3) is 2.58. The fourth-order valence-electron chi connectivity index (χ4n) is 2.69. The molecule has 0 spiro atoms. The van der Waals surface area contributed by atoms with Crippen molar-refractivity contribution >= 4 is 23.8 Å². The van der Waals surface area contributed by atoms with Crippen LogP contribution in [0.15, 0.2) is 11.8 Å². The Hall–Kier alpha value is -1.39. The van der Waals surface area contributed by atoms with E-state index in [0.29, 0.717) is 11.1 Å². The van der Waals surface area contributed by atoms with Gasteiger partial charge in [0.2, 0.25) is 0 Å². The number of halogens is 1. The fourth-order valence-corrected chi connectivity index (χ4v) is 2.91. The topological polar surface area (TPSA) is 44.2 Å². The van der Waals surface area contributed by atoms with Crippen LogP contribution >= 0.6 is 11.6 Å². The normalized spacial score (nSPS) is 19.2. The lowest BCUT2D eigenvalue weighted by atomic mass is 9.94. The molecule has 0 radical (unpaired) electrons. The Labute approximate surface area is 122 Å². The van der Waals surface area contributed by atoms with Crippen molar-refractivity contribution in [3.63, 3.8) is 0 Å². The Bertz CT molecular complexity index is 649. The van der Waals surface area contributed by atoms with E-state index in [-0.39, 0.29) is 0 Å². The molecule has 2 heterocycles. The maximum Gasteiger partial charge on any atom is 0.159 e. The molecule has 106 valence electrons. The van der Waals surface area contributed by atoms with Crippen molar-refractivity contribution < 1.29 is 9.47 Å². The summed E-state index contributed by atoms with van der Waals surface area (Å²) in [5.41, 5.74) is 1.03. The van der Waals surface area contributed by atoms with Gasteiger partial charge in [-0.05, 0) is 25.0 Å². The van der Waals surface area contributed by atoms with E-state index < -0.39 is 0 Å². The van der Waals surface area contributed by atoms with Crippen molar-refractivity contribution in [3.8, 4) is 0 Å². The number of allylic oxidation sites excluding steroid dienone is 2. The lowest BCUT2D eigenvalue weighted by Gasteiger charge is -2.21. The van der Waals surface area contributed by atoms with Gasteiger partial charge in [-0.25, -0.2) is 0 Å². The van der Waals surface area contributed by atoms with E-state index in [0.717, 1.165) is 54.4 Å². The monoisotopic (exact) mass is 292 g/mol. The molecule has 1 aromatic heterocycles. The van der Waals surface area contributed by atoms with Gasteiger partial charge in [0, 0.05) is 36.0 Å². The quantitative estimate of drug-likeness (QED) is 0.829. The molecule has 5 heteroatoms. The first-order chi connectivity index (χ1) is 9.79. The molecule has 3 rings (SSSR count). The summed E-state index contributed by atoms with van der Waals surface area (Å²) in [7, 11) is 1.68. The second-order valence-electron chi connectivity index (χ2n) is 5.00. The molecule has 0 aromatic carbocycles. The Morgan fingerprint density at radius 3 is 2.75 bits per heavy atom. The molecule has 1 saturated heterocycles. The van der Waals surface area contributed by atoms with Crippen LogP contribution in [0, 0.1) is 0 Å². The molecule has 0 N–H and O–H groups in total. The van der Waals surface area contributed by atoms with E-state index in [1.54, 1.807) is 7.11 Å². The zero-order chi connectivity index (χ0) is 13.9. The van der Waals surface area contributed by atoms with Crippen molar-refractivity contribution in [3.05, 3.63) is 33.1 Å². The molecule has 1 fully saturated rings. The zero-order valence-corrected chi connectivity index (χ0v) is 12.2. The van der Waals surface area contributed by atoms with Crippen LogP contribution in [-0.2, 0) is 9.47 Å². The molecule has 2 aliphatic rings. The Morgan fingerprint density at radius 2 is 2.00 bits per heavy atom. The van der Waals surface area contributed by atoms with Gasteiger partial charge in [-0.3, -0.25) is 0 Å². The zero-order valence-electron chi connectivity index (χ0n) is 11.4. The van der Waals surface area contributed by atoms with Crippen LogP contribution in [0.2, 0.25) is 5.15 Å². The van der Waals surface area contributed by atoms with Crippen LogP contribution in [0.4, 0.5) is 0 Å². The second kappa shape index (κ2) is 5.94. The van der Waals surface area contributed by atoms with Gasteiger partial charge < -0.3 is 9.47 Å². The first kappa shape index (κ1) is 13.6.